The maximum atomic E-state index is 12.3. The Labute approximate surface area is 119 Å². The van der Waals surface area contributed by atoms with Gasteiger partial charge in [0.15, 0.2) is 9.84 Å². The van der Waals surface area contributed by atoms with Crippen LogP contribution in [0.5, 0.6) is 0 Å². The third-order valence-corrected chi connectivity index (χ3v) is 5.80. The third-order valence-electron chi connectivity index (χ3n) is 4.04. The molecule has 0 radical (unpaired) electrons. The molecule has 0 aliphatic carbocycles. The monoisotopic (exact) mass is 302 g/mol. The predicted octanol–water partition coefficient (Wildman–Crippen LogP) is -0.204. The summed E-state index contributed by atoms with van der Waals surface area (Å²) in [6.07, 6.45) is 2.01. The van der Waals surface area contributed by atoms with Gasteiger partial charge >= 0.3 is 0 Å². The lowest BCUT2D eigenvalue weighted by Crippen LogP contribution is -2.47. The van der Waals surface area contributed by atoms with E-state index < -0.39 is 15.8 Å². The number of nitrogens with zero attached hydrogens (tertiary/aromatic N) is 1. The van der Waals surface area contributed by atoms with Gasteiger partial charge in [-0.05, 0) is 26.2 Å². The maximum absolute atomic E-state index is 12.3. The van der Waals surface area contributed by atoms with Gasteiger partial charge in [-0.3, -0.25) is 9.59 Å². The fourth-order valence-corrected chi connectivity index (χ4v) is 4.69. The molecule has 1 N–H and O–H groups in total. The SMILES string of the molecule is CCNC(=O)[C@H]1CCCN(C(=O)[C@H]2CCS(=O)(=O)C2)C1. The molecule has 2 atom stereocenters. The molecule has 0 aromatic carbocycles. The van der Waals surface area contributed by atoms with Gasteiger partial charge in [0.25, 0.3) is 0 Å². The highest BCUT2D eigenvalue weighted by atomic mass is 32.2. The molecule has 114 valence electrons. The molecule has 2 fully saturated rings. The largest absolute Gasteiger partial charge is 0.356 e. The van der Waals surface area contributed by atoms with Crippen molar-refractivity contribution in [2.24, 2.45) is 11.8 Å². The number of likely N-dealkylation sites (tertiary alicyclic amines) is 1. The summed E-state index contributed by atoms with van der Waals surface area (Å²) >= 11 is 0. The molecule has 2 heterocycles. The number of hydrogen-bond donors (Lipinski definition) is 1. The van der Waals surface area contributed by atoms with E-state index in [2.05, 4.69) is 5.32 Å². The Morgan fingerprint density at radius 1 is 1.25 bits per heavy atom. The molecule has 0 spiro atoms. The van der Waals surface area contributed by atoms with Crippen molar-refractivity contribution in [2.45, 2.75) is 26.2 Å². The van der Waals surface area contributed by atoms with Gasteiger partial charge in [0, 0.05) is 19.6 Å². The molecule has 0 bridgehead atoms. The van der Waals surface area contributed by atoms with Gasteiger partial charge in [-0.2, -0.15) is 0 Å². The van der Waals surface area contributed by atoms with E-state index >= 15 is 0 Å². The summed E-state index contributed by atoms with van der Waals surface area (Å²) in [6, 6.07) is 0. The summed E-state index contributed by atoms with van der Waals surface area (Å²) in [7, 11) is -3.04. The zero-order chi connectivity index (χ0) is 14.8. The number of rotatable bonds is 3. The lowest BCUT2D eigenvalue weighted by molar-refractivity contribution is -0.138. The van der Waals surface area contributed by atoms with Crippen LogP contribution in [0.15, 0.2) is 0 Å². The van der Waals surface area contributed by atoms with E-state index in [-0.39, 0.29) is 29.2 Å². The lowest BCUT2D eigenvalue weighted by Gasteiger charge is -2.33. The number of nitrogens with one attached hydrogen (secondary N) is 1. The second kappa shape index (κ2) is 6.11. The van der Waals surface area contributed by atoms with E-state index in [9.17, 15) is 18.0 Å². The standard InChI is InChI=1S/C13H22N2O4S/c1-2-14-12(16)10-4-3-6-15(8-10)13(17)11-5-7-20(18,19)9-11/h10-11H,2-9H2,1H3,(H,14,16)/t10-,11-/m0/s1. The number of carbonyl (C=O) groups excluding carboxylic acids is 2. The van der Waals surface area contributed by atoms with Gasteiger partial charge in [0.2, 0.25) is 11.8 Å². The smallest absolute Gasteiger partial charge is 0.226 e. The first kappa shape index (κ1) is 15.3. The van der Waals surface area contributed by atoms with Crippen LogP contribution in [0.2, 0.25) is 0 Å². The molecule has 2 amide bonds. The third kappa shape index (κ3) is 3.50. The van der Waals surface area contributed by atoms with Crippen LogP contribution in [-0.2, 0) is 19.4 Å². The fraction of sp³-hybridized carbons (Fsp3) is 0.846. The summed E-state index contributed by atoms with van der Waals surface area (Å²) in [5.41, 5.74) is 0. The van der Waals surface area contributed by atoms with Crippen LogP contribution in [-0.4, -0.2) is 56.3 Å². The van der Waals surface area contributed by atoms with Crippen LogP contribution in [0.25, 0.3) is 0 Å². The van der Waals surface area contributed by atoms with Crippen molar-refractivity contribution in [3.8, 4) is 0 Å². The first-order valence-electron chi connectivity index (χ1n) is 7.20. The number of piperidine rings is 1. The van der Waals surface area contributed by atoms with Crippen molar-refractivity contribution in [3.05, 3.63) is 0 Å². The molecule has 2 aliphatic heterocycles. The van der Waals surface area contributed by atoms with Crippen LogP contribution in [0.4, 0.5) is 0 Å². The van der Waals surface area contributed by atoms with Gasteiger partial charge in [-0.15, -0.1) is 0 Å². The van der Waals surface area contributed by atoms with E-state index in [0.29, 0.717) is 26.1 Å². The Balaban J connectivity index is 1.95. The van der Waals surface area contributed by atoms with E-state index in [0.717, 1.165) is 12.8 Å². The van der Waals surface area contributed by atoms with Crippen LogP contribution >= 0.6 is 0 Å². The van der Waals surface area contributed by atoms with Crippen molar-refractivity contribution < 1.29 is 18.0 Å². The lowest BCUT2D eigenvalue weighted by atomic mass is 9.95. The van der Waals surface area contributed by atoms with Gasteiger partial charge in [0.05, 0.1) is 23.3 Å². The minimum Gasteiger partial charge on any atom is -0.356 e. The summed E-state index contributed by atoms with van der Waals surface area (Å²) < 4.78 is 22.9. The molecule has 0 saturated carbocycles. The van der Waals surface area contributed by atoms with E-state index in [1.807, 2.05) is 6.92 Å². The summed E-state index contributed by atoms with van der Waals surface area (Å²) in [6.45, 7) is 3.50. The van der Waals surface area contributed by atoms with Crippen LogP contribution in [0.3, 0.4) is 0 Å². The van der Waals surface area contributed by atoms with Gasteiger partial charge in [0.1, 0.15) is 0 Å². The van der Waals surface area contributed by atoms with Crippen molar-refractivity contribution in [1.29, 1.82) is 0 Å². The van der Waals surface area contributed by atoms with E-state index in [1.165, 1.54) is 0 Å². The van der Waals surface area contributed by atoms with Crippen molar-refractivity contribution in [3.63, 3.8) is 0 Å². The number of carbonyl (C=O) groups is 2. The second-order valence-electron chi connectivity index (χ2n) is 5.62. The molecular weight excluding hydrogens is 280 g/mol. The van der Waals surface area contributed by atoms with Crippen molar-refractivity contribution in [1.82, 2.24) is 10.2 Å². The van der Waals surface area contributed by atoms with Crippen LogP contribution < -0.4 is 5.32 Å². The molecule has 2 saturated heterocycles. The Bertz CT molecular complexity index is 489. The highest BCUT2D eigenvalue weighted by Crippen LogP contribution is 2.24. The molecule has 2 aliphatic rings. The zero-order valence-electron chi connectivity index (χ0n) is 11.8. The number of amides is 2. The summed E-state index contributed by atoms with van der Waals surface area (Å²) in [5, 5.41) is 2.78. The van der Waals surface area contributed by atoms with Gasteiger partial charge in [-0.1, -0.05) is 0 Å². The minimum absolute atomic E-state index is 0.0101. The minimum atomic E-state index is -3.04. The average molecular weight is 302 g/mol. The Morgan fingerprint density at radius 2 is 2.00 bits per heavy atom. The molecule has 6 nitrogen and oxygen atoms in total. The van der Waals surface area contributed by atoms with E-state index in [4.69, 9.17) is 0 Å². The highest BCUT2D eigenvalue weighted by Gasteiger charge is 2.37. The maximum Gasteiger partial charge on any atom is 0.226 e. The molecular formula is C13H22N2O4S. The highest BCUT2D eigenvalue weighted by molar-refractivity contribution is 7.91. The number of sulfone groups is 1. The first-order chi connectivity index (χ1) is 9.43. The molecule has 0 aromatic heterocycles. The Kier molecular flexibility index (Phi) is 4.67. The normalized spacial score (nSPS) is 29.1. The summed E-state index contributed by atoms with van der Waals surface area (Å²) in [5.74, 6) is -0.603. The topological polar surface area (TPSA) is 83.6 Å². The second-order valence-corrected chi connectivity index (χ2v) is 7.85. The van der Waals surface area contributed by atoms with Gasteiger partial charge in [-0.25, -0.2) is 8.42 Å². The predicted molar refractivity (Wildman–Crippen MR) is 74.7 cm³/mol. The fourth-order valence-electron chi connectivity index (χ4n) is 2.96. The quantitative estimate of drug-likeness (QED) is 0.782. The molecule has 0 unspecified atom stereocenters. The number of hydrogen-bond acceptors (Lipinski definition) is 4. The molecule has 7 heteroatoms. The molecule has 20 heavy (non-hydrogen) atoms. The van der Waals surface area contributed by atoms with Crippen LogP contribution in [0, 0.1) is 11.8 Å². The molecule has 2 rings (SSSR count). The van der Waals surface area contributed by atoms with Crippen LogP contribution in [0.1, 0.15) is 26.2 Å². The van der Waals surface area contributed by atoms with Crippen molar-refractivity contribution >= 4 is 21.7 Å². The van der Waals surface area contributed by atoms with Gasteiger partial charge < -0.3 is 10.2 Å². The summed E-state index contributed by atoms with van der Waals surface area (Å²) in [4.78, 5) is 25.9. The Morgan fingerprint density at radius 3 is 2.60 bits per heavy atom. The Hall–Kier alpha value is -1.11. The zero-order valence-corrected chi connectivity index (χ0v) is 12.6. The average Bonchev–Trinajstić information content (AvgIpc) is 2.79. The molecule has 0 aromatic rings. The van der Waals surface area contributed by atoms with Crippen molar-refractivity contribution in [2.75, 3.05) is 31.1 Å². The first-order valence-corrected chi connectivity index (χ1v) is 9.02. The van der Waals surface area contributed by atoms with E-state index in [1.54, 1.807) is 4.90 Å².